The summed E-state index contributed by atoms with van der Waals surface area (Å²) in [6.07, 6.45) is -2.43. The molecule has 0 N–H and O–H groups in total. The van der Waals surface area contributed by atoms with Crippen LogP contribution in [0, 0.1) is 10.1 Å². The molecule has 1 aliphatic heterocycles. The van der Waals surface area contributed by atoms with Crippen molar-refractivity contribution >= 4 is 23.7 Å². The Kier molecular flexibility index (Phi) is 5.87. The number of hydrogen-bond acceptors (Lipinski definition) is 10. The van der Waals surface area contributed by atoms with Gasteiger partial charge in [-0.25, -0.2) is 4.98 Å². The number of hydrogen-bond donors (Lipinski definition) is 0. The van der Waals surface area contributed by atoms with Gasteiger partial charge in [0.15, 0.2) is 12.4 Å². The fourth-order valence-corrected chi connectivity index (χ4v) is 2.55. The molecule has 12 nitrogen and oxygen atoms in total. The van der Waals surface area contributed by atoms with Crippen molar-refractivity contribution < 1.29 is 38.3 Å². The number of carbonyl (C=O) groups is 3. The third-order valence-electron chi connectivity index (χ3n) is 3.45. The molecule has 0 aromatic carbocycles. The fraction of sp³-hybridized carbons (Fsp3) is 0.571. The summed E-state index contributed by atoms with van der Waals surface area (Å²) in [7, 11) is 0. The first kappa shape index (κ1) is 19.3. The average Bonchev–Trinajstić information content (AvgIpc) is 3.10. The number of nitrogens with zero attached hydrogens (tertiary/aromatic N) is 3. The summed E-state index contributed by atoms with van der Waals surface area (Å²) >= 11 is 0. The topological polar surface area (TPSA) is 149 Å². The molecule has 1 saturated heterocycles. The lowest BCUT2D eigenvalue weighted by Gasteiger charge is -2.22. The van der Waals surface area contributed by atoms with E-state index >= 15 is 0 Å². The van der Waals surface area contributed by atoms with E-state index in [1.165, 1.54) is 6.92 Å². The minimum Gasteiger partial charge on any atom is -0.463 e. The first-order valence-corrected chi connectivity index (χ1v) is 7.50. The Morgan fingerprint density at radius 1 is 1.19 bits per heavy atom. The van der Waals surface area contributed by atoms with Crippen LogP contribution < -0.4 is 0 Å². The van der Waals surface area contributed by atoms with Gasteiger partial charge in [0.2, 0.25) is 12.3 Å². The number of esters is 3. The van der Waals surface area contributed by atoms with E-state index in [9.17, 15) is 24.5 Å². The van der Waals surface area contributed by atoms with Gasteiger partial charge in [0.25, 0.3) is 0 Å². The summed E-state index contributed by atoms with van der Waals surface area (Å²) in [6, 6.07) is 0. The van der Waals surface area contributed by atoms with Crippen molar-refractivity contribution in [3.8, 4) is 0 Å². The Balaban J connectivity index is 2.39. The zero-order chi connectivity index (χ0) is 19.4. The van der Waals surface area contributed by atoms with Gasteiger partial charge in [0.05, 0.1) is 0 Å². The van der Waals surface area contributed by atoms with Crippen LogP contribution in [-0.2, 0) is 33.3 Å². The molecule has 0 spiro atoms. The second-order valence-electron chi connectivity index (χ2n) is 5.43. The van der Waals surface area contributed by atoms with Crippen LogP contribution in [0.15, 0.2) is 12.5 Å². The maximum absolute atomic E-state index is 11.5. The molecule has 1 aromatic heterocycles. The molecule has 0 radical (unpaired) electrons. The molecule has 4 atom stereocenters. The SMILES string of the molecule is CC(=O)OC[C@H]1O[C@@H](n2cncc2[N+](=O)[O-])[C@H](OC(C)=O)[C@@H]1OC(C)=O. The third-order valence-corrected chi connectivity index (χ3v) is 3.45. The van der Waals surface area contributed by atoms with E-state index in [-0.39, 0.29) is 6.61 Å². The molecule has 2 heterocycles. The zero-order valence-corrected chi connectivity index (χ0v) is 14.2. The van der Waals surface area contributed by atoms with Crippen molar-refractivity contribution in [1.29, 1.82) is 0 Å². The summed E-state index contributed by atoms with van der Waals surface area (Å²) < 4.78 is 21.9. The molecular weight excluding hydrogens is 354 g/mol. The van der Waals surface area contributed by atoms with Gasteiger partial charge in [-0.05, 0) is 4.92 Å². The van der Waals surface area contributed by atoms with E-state index in [0.717, 1.165) is 30.9 Å². The van der Waals surface area contributed by atoms with E-state index in [4.69, 9.17) is 18.9 Å². The fourth-order valence-electron chi connectivity index (χ4n) is 2.55. The van der Waals surface area contributed by atoms with Crippen LogP contribution >= 0.6 is 0 Å². The summed E-state index contributed by atoms with van der Waals surface area (Å²) in [5, 5.41) is 11.2. The van der Waals surface area contributed by atoms with Crippen LogP contribution in [0.5, 0.6) is 0 Å². The first-order chi connectivity index (χ1) is 12.2. The molecule has 1 fully saturated rings. The zero-order valence-electron chi connectivity index (χ0n) is 14.2. The molecule has 2 rings (SSSR count). The summed E-state index contributed by atoms with van der Waals surface area (Å²) in [5.41, 5.74) is 0. The van der Waals surface area contributed by atoms with Crippen LogP contribution in [0.25, 0.3) is 0 Å². The first-order valence-electron chi connectivity index (χ1n) is 7.50. The van der Waals surface area contributed by atoms with Crippen LogP contribution in [0.3, 0.4) is 0 Å². The Labute approximate surface area is 147 Å². The second kappa shape index (κ2) is 7.91. The number of rotatable bonds is 6. The van der Waals surface area contributed by atoms with Gasteiger partial charge in [-0.2, -0.15) is 4.57 Å². The minimum absolute atomic E-state index is 0.302. The Bertz CT molecular complexity index is 716. The van der Waals surface area contributed by atoms with Gasteiger partial charge in [0, 0.05) is 20.8 Å². The third kappa shape index (κ3) is 4.33. The largest absolute Gasteiger partial charge is 0.463 e. The van der Waals surface area contributed by atoms with Crippen molar-refractivity contribution in [2.75, 3.05) is 6.61 Å². The van der Waals surface area contributed by atoms with E-state index < -0.39 is 53.2 Å². The Morgan fingerprint density at radius 3 is 2.35 bits per heavy atom. The van der Waals surface area contributed by atoms with E-state index in [2.05, 4.69) is 4.98 Å². The van der Waals surface area contributed by atoms with Gasteiger partial charge < -0.3 is 29.1 Å². The van der Waals surface area contributed by atoms with E-state index in [0.29, 0.717) is 0 Å². The van der Waals surface area contributed by atoms with Gasteiger partial charge in [-0.3, -0.25) is 14.4 Å². The molecule has 1 aromatic rings. The van der Waals surface area contributed by atoms with E-state index in [1.54, 1.807) is 0 Å². The van der Waals surface area contributed by atoms with Crippen LogP contribution in [0.1, 0.15) is 27.0 Å². The predicted molar refractivity (Wildman–Crippen MR) is 80.5 cm³/mol. The summed E-state index contributed by atoms with van der Waals surface area (Å²) in [4.78, 5) is 48.1. The van der Waals surface area contributed by atoms with Crippen molar-refractivity contribution in [1.82, 2.24) is 9.55 Å². The lowest BCUT2D eigenvalue weighted by molar-refractivity contribution is -0.394. The maximum atomic E-state index is 11.5. The number of imidazole rings is 1. The molecule has 0 aliphatic carbocycles. The van der Waals surface area contributed by atoms with Crippen molar-refractivity contribution in [2.45, 2.75) is 45.3 Å². The van der Waals surface area contributed by atoms with Crippen molar-refractivity contribution in [3.63, 3.8) is 0 Å². The lowest BCUT2D eigenvalue weighted by Crippen LogP contribution is -2.40. The standard InChI is InChI=1S/C14H17N3O9/c1-7(18)23-5-10-12(24-8(2)19)13(25-9(3)20)14(26-10)16-6-15-4-11(16)17(21)22/h4,6,10,12-14H,5H2,1-3H3/t10-,12-,13-,14-/m1/s1. The maximum Gasteiger partial charge on any atom is 0.344 e. The van der Waals surface area contributed by atoms with Crippen LogP contribution in [0.2, 0.25) is 0 Å². The molecule has 0 unspecified atom stereocenters. The summed E-state index contributed by atoms with van der Waals surface area (Å²) in [5.74, 6) is -2.42. The lowest BCUT2D eigenvalue weighted by atomic mass is 10.1. The monoisotopic (exact) mass is 371 g/mol. The second-order valence-corrected chi connectivity index (χ2v) is 5.43. The molecule has 0 bridgehead atoms. The highest BCUT2D eigenvalue weighted by Crippen LogP contribution is 2.36. The highest BCUT2D eigenvalue weighted by Gasteiger charge is 2.53. The van der Waals surface area contributed by atoms with Gasteiger partial charge >= 0.3 is 23.7 Å². The average molecular weight is 371 g/mol. The highest BCUT2D eigenvalue weighted by atomic mass is 16.7. The molecular formula is C14H17N3O9. The highest BCUT2D eigenvalue weighted by molar-refractivity contribution is 5.68. The van der Waals surface area contributed by atoms with Crippen molar-refractivity contribution in [3.05, 3.63) is 22.6 Å². The quantitative estimate of drug-likeness (QED) is 0.292. The van der Waals surface area contributed by atoms with Gasteiger partial charge in [-0.1, -0.05) is 0 Å². The predicted octanol–water partition coefficient (Wildman–Crippen LogP) is 0.115. The Morgan fingerprint density at radius 2 is 1.81 bits per heavy atom. The van der Waals surface area contributed by atoms with Crippen LogP contribution in [0.4, 0.5) is 5.82 Å². The molecule has 0 amide bonds. The number of nitro groups is 1. The van der Waals surface area contributed by atoms with Gasteiger partial charge in [0.1, 0.15) is 18.9 Å². The molecule has 142 valence electrons. The molecule has 1 aliphatic rings. The molecule has 0 saturated carbocycles. The van der Waals surface area contributed by atoms with Crippen molar-refractivity contribution in [2.24, 2.45) is 0 Å². The smallest absolute Gasteiger partial charge is 0.344 e. The van der Waals surface area contributed by atoms with E-state index in [1.807, 2.05) is 0 Å². The number of ether oxygens (including phenoxy) is 4. The molecule has 26 heavy (non-hydrogen) atoms. The summed E-state index contributed by atoms with van der Waals surface area (Å²) in [6.45, 7) is 3.14. The normalized spacial score (nSPS) is 24.7. The van der Waals surface area contributed by atoms with Gasteiger partial charge in [-0.15, -0.1) is 0 Å². The molecule has 12 heteroatoms. The number of aromatic nitrogens is 2. The Hall–Kier alpha value is -3.02. The number of carbonyl (C=O) groups excluding carboxylic acids is 3. The van der Waals surface area contributed by atoms with Crippen LogP contribution in [-0.4, -0.2) is 57.3 Å². The minimum atomic E-state index is -1.20.